The molecule has 0 aliphatic carbocycles. The number of hydrogen-bond acceptors (Lipinski definition) is 3. The van der Waals surface area contributed by atoms with Gasteiger partial charge in [-0.25, -0.2) is 4.79 Å². The third-order valence-electron chi connectivity index (χ3n) is 1.26. The van der Waals surface area contributed by atoms with E-state index in [0.29, 0.717) is 0 Å². The van der Waals surface area contributed by atoms with Gasteiger partial charge in [0.25, 0.3) is 0 Å². The lowest BCUT2D eigenvalue weighted by molar-refractivity contribution is -0.116. The van der Waals surface area contributed by atoms with Crippen molar-refractivity contribution >= 4 is 18.1 Å². The summed E-state index contributed by atoms with van der Waals surface area (Å²) in [6.45, 7) is 5.42. The van der Waals surface area contributed by atoms with Crippen molar-refractivity contribution < 1.29 is 19.1 Å². The number of nitrogens with one attached hydrogen (secondary N) is 1. The van der Waals surface area contributed by atoms with Crippen LogP contribution in [-0.4, -0.2) is 35.0 Å². The number of carbonyl (C=O) groups excluding carboxylic acids is 2. The fraction of sp³-hybridized carbons (Fsp3) is 0.667. The van der Waals surface area contributed by atoms with Crippen molar-refractivity contribution in [2.24, 2.45) is 0 Å². The Bertz CT molecular complexity index is 287. The summed E-state index contributed by atoms with van der Waals surface area (Å²) in [5.41, 5.74) is 7.66. The molecule has 0 bridgehead atoms. The molecule has 15 heavy (non-hydrogen) atoms. The zero-order valence-electron chi connectivity index (χ0n) is 9.11. The van der Waals surface area contributed by atoms with Crippen LogP contribution < -0.4 is 5.32 Å². The quantitative estimate of drug-likeness (QED) is 0.424. The highest BCUT2D eigenvalue weighted by Gasteiger charge is 2.14. The lowest BCUT2D eigenvalue weighted by Gasteiger charge is -2.19. The standard InChI is InChI=1S/C9H15N3O3/c1-9(2,3)12-8(14)15-5-4-7(13)6-11-10/h6H,4-5H2,1-3H3,(H,12,14). The minimum absolute atomic E-state index is 0.00161. The van der Waals surface area contributed by atoms with Crippen LogP contribution in [0.2, 0.25) is 0 Å². The van der Waals surface area contributed by atoms with Crippen molar-refractivity contribution in [2.45, 2.75) is 32.7 Å². The minimum atomic E-state index is -0.573. The van der Waals surface area contributed by atoms with Gasteiger partial charge in [-0.05, 0) is 20.8 Å². The Labute approximate surface area is 88.2 Å². The molecule has 0 aromatic carbocycles. The molecular formula is C9H15N3O3. The average molecular weight is 213 g/mol. The number of alkyl carbamates (subject to hydrolysis) is 1. The van der Waals surface area contributed by atoms with Gasteiger partial charge in [0.2, 0.25) is 5.78 Å². The SMILES string of the molecule is CC(C)(C)NC(=O)OCCC(=O)C=[N+]=[N-]. The Hall–Kier alpha value is -1.68. The van der Waals surface area contributed by atoms with Crippen LogP contribution in [0.25, 0.3) is 5.53 Å². The molecule has 0 aliphatic rings. The maximum absolute atomic E-state index is 11.1. The number of carbonyl (C=O) groups is 2. The number of amides is 1. The van der Waals surface area contributed by atoms with Gasteiger partial charge in [0.15, 0.2) is 0 Å². The molecule has 0 spiro atoms. The van der Waals surface area contributed by atoms with Gasteiger partial charge in [-0.1, -0.05) is 0 Å². The topological polar surface area (TPSA) is 91.8 Å². The molecule has 0 unspecified atom stereocenters. The van der Waals surface area contributed by atoms with Crippen LogP contribution in [-0.2, 0) is 9.53 Å². The fourth-order valence-electron chi connectivity index (χ4n) is 0.716. The predicted molar refractivity (Wildman–Crippen MR) is 53.5 cm³/mol. The summed E-state index contributed by atoms with van der Waals surface area (Å²) in [6, 6.07) is 0. The van der Waals surface area contributed by atoms with Gasteiger partial charge in [-0.3, -0.25) is 4.79 Å². The Kier molecular flexibility index (Phi) is 5.26. The van der Waals surface area contributed by atoms with Crippen LogP contribution in [0.4, 0.5) is 4.79 Å². The molecule has 1 amide bonds. The van der Waals surface area contributed by atoms with Crippen molar-refractivity contribution in [3.63, 3.8) is 0 Å². The van der Waals surface area contributed by atoms with E-state index < -0.39 is 11.9 Å². The summed E-state index contributed by atoms with van der Waals surface area (Å²) in [7, 11) is 0. The number of ketones is 1. The molecule has 0 radical (unpaired) electrons. The zero-order valence-corrected chi connectivity index (χ0v) is 9.11. The minimum Gasteiger partial charge on any atom is -0.449 e. The summed E-state index contributed by atoms with van der Waals surface area (Å²) in [6.07, 6.45) is 0.198. The Morgan fingerprint density at radius 3 is 2.53 bits per heavy atom. The van der Waals surface area contributed by atoms with Gasteiger partial charge in [0, 0.05) is 5.54 Å². The summed E-state index contributed by atoms with van der Waals surface area (Å²) in [5, 5.41) is 2.57. The first-order valence-corrected chi connectivity index (χ1v) is 4.50. The van der Waals surface area contributed by atoms with Gasteiger partial charge >= 0.3 is 12.3 Å². The fourth-order valence-corrected chi connectivity index (χ4v) is 0.716. The Balaban J connectivity index is 3.74. The highest BCUT2D eigenvalue weighted by atomic mass is 16.5. The summed E-state index contributed by atoms with van der Waals surface area (Å²) < 4.78 is 4.72. The van der Waals surface area contributed by atoms with E-state index in [2.05, 4.69) is 10.1 Å². The Morgan fingerprint density at radius 1 is 1.47 bits per heavy atom. The van der Waals surface area contributed by atoms with Crippen molar-refractivity contribution in [3.8, 4) is 0 Å². The van der Waals surface area contributed by atoms with Crippen LogP contribution in [0.15, 0.2) is 0 Å². The molecule has 0 aromatic rings. The van der Waals surface area contributed by atoms with Crippen LogP contribution in [0.3, 0.4) is 0 Å². The number of Topliss-reactive ketones (excluding diaryl/α,β-unsaturated/α-hetero) is 1. The number of hydrogen-bond donors (Lipinski definition) is 1. The summed E-state index contributed by atoms with van der Waals surface area (Å²) in [5.74, 6) is -0.402. The molecule has 0 saturated carbocycles. The molecule has 0 saturated heterocycles. The van der Waals surface area contributed by atoms with Crippen molar-refractivity contribution in [1.29, 1.82) is 0 Å². The van der Waals surface area contributed by atoms with Crippen molar-refractivity contribution in [2.75, 3.05) is 6.61 Å². The molecule has 0 aromatic heterocycles. The first-order chi connectivity index (χ1) is 6.85. The smallest absolute Gasteiger partial charge is 0.407 e. The van der Waals surface area contributed by atoms with E-state index in [1.807, 2.05) is 20.8 Å². The molecular weight excluding hydrogens is 198 g/mol. The molecule has 0 heterocycles. The third kappa shape index (κ3) is 8.64. The highest BCUT2D eigenvalue weighted by molar-refractivity contribution is 6.25. The second-order valence-electron chi connectivity index (χ2n) is 3.97. The van der Waals surface area contributed by atoms with E-state index in [0.717, 1.165) is 6.21 Å². The monoisotopic (exact) mass is 213 g/mol. The second kappa shape index (κ2) is 5.93. The number of nitrogens with zero attached hydrogens (tertiary/aromatic N) is 2. The molecule has 0 fully saturated rings. The molecule has 1 N–H and O–H groups in total. The number of ether oxygens (including phenoxy) is 1. The molecule has 0 atom stereocenters. The van der Waals surface area contributed by atoms with Crippen LogP contribution >= 0.6 is 0 Å². The van der Waals surface area contributed by atoms with E-state index in [4.69, 9.17) is 10.3 Å². The predicted octanol–water partition coefficient (Wildman–Crippen LogP) is 0.771. The highest BCUT2D eigenvalue weighted by Crippen LogP contribution is 1.99. The largest absolute Gasteiger partial charge is 0.449 e. The van der Waals surface area contributed by atoms with Crippen LogP contribution in [0, 0.1) is 0 Å². The third-order valence-corrected chi connectivity index (χ3v) is 1.26. The Morgan fingerprint density at radius 2 is 2.07 bits per heavy atom. The molecule has 0 aliphatic heterocycles. The van der Waals surface area contributed by atoms with Gasteiger partial charge in [-0.2, -0.15) is 4.79 Å². The summed E-state index contributed by atoms with van der Waals surface area (Å²) in [4.78, 5) is 24.4. The second-order valence-corrected chi connectivity index (χ2v) is 3.97. The first-order valence-electron chi connectivity index (χ1n) is 4.50. The number of rotatable bonds is 4. The van der Waals surface area contributed by atoms with Gasteiger partial charge in [0.1, 0.15) is 6.61 Å². The molecule has 6 nitrogen and oxygen atoms in total. The van der Waals surface area contributed by atoms with E-state index >= 15 is 0 Å². The van der Waals surface area contributed by atoms with Crippen molar-refractivity contribution in [3.05, 3.63) is 5.53 Å². The maximum atomic E-state index is 11.1. The van der Waals surface area contributed by atoms with E-state index in [9.17, 15) is 9.59 Å². The van der Waals surface area contributed by atoms with Gasteiger partial charge in [-0.15, -0.1) is 0 Å². The van der Waals surface area contributed by atoms with E-state index in [-0.39, 0.29) is 18.6 Å². The van der Waals surface area contributed by atoms with E-state index in [1.54, 1.807) is 0 Å². The maximum Gasteiger partial charge on any atom is 0.407 e. The van der Waals surface area contributed by atoms with Gasteiger partial charge < -0.3 is 15.6 Å². The average Bonchev–Trinajstić information content (AvgIpc) is 2.00. The van der Waals surface area contributed by atoms with E-state index in [1.165, 1.54) is 0 Å². The molecule has 6 heteroatoms. The lowest BCUT2D eigenvalue weighted by Crippen LogP contribution is -2.41. The molecule has 84 valence electrons. The zero-order chi connectivity index (χ0) is 11.9. The first kappa shape index (κ1) is 13.3. The van der Waals surface area contributed by atoms with Gasteiger partial charge in [0.05, 0.1) is 6.42 Å². The van der Waals surface area contributed by atoms with Crippen LogP contribution in [0.1, 0.15) is 27.2 Å². The summed E-state index contributed by atoms with van der Waals surface area (Å²) >= 11 is 0. The van der Waals surface area contributed by atoms with Crippen LogP contribution in [0.5, 0.6) is 0 Å². The normalized spacial score (nSPS) is 10.1. The lowest BCUT2D eigenvalue weighted by atomic mass is 10.1. The van der Waals surface area contributed by atoms with Crippen molar-refractivity contribution in [1.82, 2.24) is 5.32 Å². The molecule has 0 rings (SSSR count).